The van der Waals surface area contributed by atoms with Crippen LogP contribution in [0.15, 0.2) is 30.6 Å². The molecule has 0 aliphatic heterocycles. The Kier molecular flexibility index (Phi) is 60.0. The molecule has 5 heteroatoms. The number of rotatable bonds is 0. The number of hydrogen-bond donors (Lipinski definition) is 0. The maximum atomic E-state index is 6.25. The van der Waals surface area contributed by atoms with Crippen LogP contribution in [0.4, 0.5) is 0 Å². The van der Waals surface area contributed by atoms with Crippen molar-refractivity contribution in [2.24, 2.45) is 0 Å². The van der Waals surface area contributed by atoms with Gasteiger partial charge in [-0.1, -0.05) is 6.07 Å². The summed E-state index contributed by atoms with van der Waals surface area (Å²) in [5, 5.41) is 12.5. The summed E-state index contributed by atoms with van der Waals surface area (Å²) in [6.45, 7) is 9.50. The second-order valence-electron chi connectivity index (χ2n) is 1.02. The molecule has 0 N–H and O–H groups in total. The summed E-state index contributed by atoms with van der Waals surface area (Å²) in [5.74, 6) is 0. The van der Waals surface area contributed by atoms with Gasteiger partial charge in [0.05, 0.1) is 0 Å². The predicted molar refractivity (Wildman–Crippen MR) is 34.2 cm³/mol. The van der Waals surface area contributed by atoms with Gasteiger partial charge in [-0.2, -0.15) is 0 Å². The topological polar surface area (TPSA) is 60.5 Å². The third-order valence-electron chi connectivity index (χ3n) is 0.566. The van der Waals surface area contributed by atoms with Gasteiger partial charge in [0.2, 0.25) is 0 Å². The van der Waals surface area contributed by atoms with Gasteiger partial charge in [-0.25, -0.2) is 0 Å². The third-order valence-corrected chi connectivity index (χ3v) is 0.566. The van der Waals surface area contributed by atoms with Crippen molar-refractivity contribution in [3.63, 3.8) is 0 Å². The molecule has 0 bridgehead atoms. The molecule has 0 atom stereocenters. The van der Waals surface area contributed by atoms with E-state index in [4.69, 9.17) is 23.7 Å². The van der Waals surface area contributed by atoms with Crippen LogP contribution in [0.25, 0.3) is 0 Å². The molecule has 1 rings (SSSR count). The Labute approximate surface area is 92.8 Å². The molecule has 0 saturated heterocycles. The second-order valence-corrected chi connectivity index (χ2v) is 1.02. The van der Waals surface area contributed by atoms with Gasteiger partial charge in [-0.3, -0.25) is 4.98 Å². The molecule has 0 amide bonds. The fraction of sp³-hybridized carbons (Fsp3) is 0. The fourth-order valence-electron chi connectivity index (χ4n) is 0.313. The van der Waals surface area contributed by atoms with Crippen LogP contribution in [0, 0.1) is 23.7 Å². The van der Waals surface area contributed by atoms with Crippen molar-refractivity contribution in [2.45, 2.75) is 0 Å². The maximum Gasteiger partial charge on any atom is 2.00 e. The molecule has 0 radical (unpaired) electrons. The van der Waals surface area contributed by atoms with Gasteiger partial charge in [-0.05, 0) is 12.1 Å². The Morgan fingerprint density at radius 3 is 1.25 bits per heavy atom. The SMILES string of the molecule is [C-]#N.[C-]#N.[Fe].[Ni+2].c1ccncc1. The minimum absolute atomic E-state index is 0. The van der Waals surface area contributed by atoms with Gasteiger partial charge in [0.25, 0.3) is 0 Å². The van der Waals surface area contributed by atoms with E-state index in [1.807, 2.05) is 18.2 Å². The molecule has 1 aromatic heterocycles. The summed E-state index contributed by atoms with van der Waals surface area (Å²) >= 11 is 0. The molecule has 0 aliphatic rings. The van der Waals surface area contributed by atoms with Gasteiger partial charge in [0, 0.05) is 29.5 Å². The van der Waals surface area contributed by atoms with E-state index in [0.717, 1.165) is 0 Å². The molecule has 0 saturated carbocycles. The van der Waals surface area contributed by atoms with Crippen molar-refractivity contribution in [1.29, 1.82) is 10.5 Å². The van der Waals surface area contributed by atoms with E-state index < -0.39 is 0 Å². The van der Waals surface area contributed by atoms with Gasteiger partial charge in [-0.15, -0.1) is 0 Å². The molecule has 0 aliphatic carbocycles. The summed E-state index contributed by atoms with van der Waals surface area (Å²) in [6.07, 6.45) is 3.50. The van der Waals surface area contributed by atoms with Crippen LogP contribution in [0.3, 0.4) is 0 Å². The van der Waals surface area contributed by atoms with E-state index in [2.05, 4.69) is 4.98 Å². The molecular formula is C7H5FeN3Ni. The quantitative estimate of drug-likeness (QED) is 0.511. The van der Waals surface area contributed by atoms with E-state index in [-0.39, 0.29) is 33.6 Å². The zero-order valence-corrected chi connectivity index (χ0v) is 7.99. The summed E-state index contributed by atoms with van der Waals surface area (Å²) in [5.41, 5.74) is 0. The van der Waals surface area contributed by atoms with Gasteiger partial charge >= 0.3 is 16.5 Å². The average molecular weight is 246 g/mol. The van der Waals surface area contributed by atoms with Crippen LogP contribution in [-0.2, 0) is 33.6 Å². The molecule has 0 unspecified atom stereocenters. The van der Waals surface area contributed by atoms with E-state index in [0.29, 0.717) is 0 Å². The van der Waals surface area contributed by atoms with Crippen molar-refractivity contribution in [3.8, 4) is 0 Å². The van der Waals surface area contributed by atoms with Gasteiger partial charge in [0.1, 0.15) is 0 Å². The van der Waals surface area contributed by atoms with E-state index >= 15 is 0 Å². The average Bonchev–Trinajstić information content (AvgIpc) is 2.14. The smallest absolute Gasteiger partial charge is 0.512 e. The standard InChI is InChI=1S/C5H5N.2CN.Fe.Ni/c1-2-4-6-5-3-1;2*1-2;;/h1-5H;;;;/q;2*-1;;+2. The molecule has 3 nitrogen and oxygen atoms in total. The number of hydrogen-bond acceptors (Lipinski definition) is 3. The first kappa shape index (κ1) is 22.5. The van der Waals surface area contributed by atoms with Crippen molar-refractivity contribution in [1.82, 2.24) is 4.98 Å². The minimum atomic E-state index is 0. The molecule has 1 heterocycles. The molecule has 0 aromatic carbocycles. The third kappa shape index (κ3) is 22.9. The molecule has 0 spiro atoms. The Hall–Kier alpha value is -0.857. The summed E-state index contributed by atoms with van der Waals surface area (Å²) < 4.78 is 0. The molecule has 12 heavy (non-hydrogen) atoms. The first-order valence-corrected chi connectivity index (χ1v) is 2.30. The van der Waals surface area contributed by atoms with E-state index in [1.165, 1.54) is 0 Å². The van der Waals surface area contributed by atoms with Crippen LogP contribution >= 0.6 is 0 Å². The van der Waals surface area contributed by atoms with Crippen LogP contribution in [-0.4, -0.2) is 4.98 Å². The van der Waals surface area contributed by atoms with E-state index in [9.17, 15) is 0 Å². The van der Waals surface area contributed by atoms with Crippen molar-refractivity contribution in [3.05, 3.63) is 43.7 Å². The minimum Gasteiger partial charge on any atom is -0.512 e. The Morgan fingerprint density at radius 2 is 1.17 bits per heavy atom. The fourth-order valence-corrected chi connectivity index (χ4v) is 0.313. The zero-order chi connectivity index (χ0) is 8.24. The number of pyridine rings is 1. The Balaban J connectivity index is -0.0000000480. The molecular weight excluding hydrogens is 241 g/mol. The predicted octanol–water partition coefficient (Wildman–Crippen LogP) is 1.27. The van der Waals surface area contributed by atoms with Crippen molar-refractivity contribution in [2.75, 3.05) is 0 Å². The van der Waals surface area contributed by atoms with E-state index in [1.54, 1.807) is 12.4 Å². The summed E-state index contributed by atoms with van der Waals surface area (Å²) in [6, 6.07) is 5.72. The Bertz CT molecular complexity index is 143. The summed E-state index contributed by atoms with van der Waals surface area (Å²) in [4.78, 5) is 3.78. The monoisotopic (exact) mass is 245 g/mol. The number of aromatic nitrogens is 1. The summed E-state index contributed by atoms with van der Waals surface area (Å²) in [7, 11) is 0. The molecule has 66 valence electrons. The molecule has 0 fully saturated rings. The normalized spacial score (nSPS) is 4.33. The first-order valence-electron chi connectivity index (χ1n) is 2.30. The van der Waals surface area contributed by atoms with Crippen molar-refractivity contribution < 1.29 is 33.6 Å². The Morgan fingerprint density at radius 1 is 0.833 bits per heavy atom. The maximum absolute atomic E-state index is 6.25. The van der Waals surface area contributed by atoms with Gasteiger partial charge < -0.3 is 23.7 Å². The second kappa shape index (κ2) is 32.1. The zero-order valence-electron chi connectivity index (χ0n) is 5.90. The van der Waals surface area contributed by atoms with Crippen LogP contribution in [0.2, 0.25) is 0 Å². The van der Waals surface area contributed by atoms with Crippen molar-refractivity contribution >= 4 is 0 Å². The molecule has 1 aromatic rings. The first-order chi connectivity index (χ1) is 5.00. The van der Waals surface area contributed by atoms with Crippen LogP contribution in [0.1, 0.15) is 0 Å². The van der Waals surface area contributed by atoms with Crippen LogP contribution < -0.4 is 0 Å². The largest absolute Gasteiger partial charge is 2.00 e. The number of nitrogens with zero attached hydrogens (tertiary/aromatic N) is 3. The van der Waals surface area contributed by atoms with Gasteiger partial charge in [0.15, 0.2) is 0 Å². The van der Waals surface area contributed by atoms with Crippen LogP contribution in [0.5, 0.6) is 0 Å².